The third-order valence-corrected chi connectivity index (χ3v) is 5.02. The summed E-state index contributed by atoms with van der Waals surface area (Å²) >= 11 is 1.34. The highest BCUT2D eigenvalue weighted by Crippen LogP contribution is 2.16. The van der Waals surface area contributed by atoms with Crippen molar-refractivity contribution < 1.29 is 8.42 Å². The molecule has 0 saturated carbocycles. The molecule has 0 bridgehead atoms. The van der Waals surface area contributed by atoms with Crippen molar-refractivity contribution in [1.82, 2.24) is 4.98 Å². The van der Waals surface area contributed by atoms with E-state index >= 15 is 0 Å². The molecule has 0 aliphatic rings. The molecule has 0 saturated heterocycles. The number of hydrogen-bond donors (Lipinski definition) is 1. The van der Waals surface area contributed by atoms with Crippen LogP contribution in [0.3, 0.4) is 0 Å². The predicted molar refractivity (Wildman–Crippen MR) is 59.2 cm³/mol. The molecule has 0 aromatic carbocycles. The van der Waals surface area contributed by atoms with E-state index in [-0.39, 0.29) is 11.0 Å². The zero-order chi connectivity index (χ0) is 10.8. The van der Waals surface area contributed by atoms with Gasteiger partial charge in [-0.15, -0.1) is 11.3 Å². The molecule has 1 aromatic heterocycles. The lowest BCUT2D eigenvalue weighted by atomic mass is 10.4. The Balaban J connectivity index is 2.57. The summed E-state index contributed by atoms with van der Waals surface area (Å²) < 4.78 is 22.9. The summed E-state index contributed by atoms with van der Waals surface area (Å²) in [4.78, 5) is 4.79. The number of thiazole rings is 1. The monoisotopic (exact) mass is 234 g/mol. The fraction of sp³-hybridized carbons (Fsp3) is 0.625. The molecule has 80 valence electrons. The largest absolute Gasteiger partial charge is 0.375 e. The molecular weight excluding hydrogens is 220 g/mol. The molecular formula is C8H14N2O2S2. The second-order valence-electron chi connectivity index (χ2n) is 3.33. The molecule has 14 heavy (non-hydrogen) atoms. The molecule has 2 N–H and O–H groups in total. The van der Waals surface area contributed by atoms with Gasteiger partial charge in [0.15, 0.2) is 15.0 Å². The van der Waals surface area contributed by atoms with Crippen LogP contribution in [0.25, 0.3) is 0 Å². The topological polar surface area (TPSA) is 73.0 Å². The average molecular weight is 234 g/mol. The highest BCUT2D eigenvalue weighted by molar-refractivity contribution is 7.91. The quantitative estimate of drug-likeness (QED) is 0.846. The first-order valence-electron chi connectivity index (χ1n) is 4.33. The van der Waals surface area contributed by atoms with Crippen LogP contribution in [0.2, 0.25) is 0 Å². The lowest BCUT2D eigenvalue weighted by Crippen LogP contribution is -2.18. The normalized spacial score (nSPS) is 12.2. The van der Waals surface area contributed by atoms with E-state index in [1.807, 2.05) is 0 Å². The van der Waals surface area contributed by atoms with Gasteiger partial charge in [0, 0.05) is 11.1 Å². The molecule has 0 fully saturated rings. The van der Waals surface area contributed by atoms with Gasteiger partial charge in [0.2, 0.25) is 0 Å². The summed E-state index contributed by atoms with van der Waals surface area (Å²) in [6, 6.07) is 0. The van der Waals surface area contributed by atoms with Crippen LogP contribution < -0.4 is 5.73 Å². The fourth-order valence-electron chi connectivity index (χ4n) is 0.917. The van der Waals surface area contributed by atoms with Gasteiger partial charge < -0.3 is 5.73 Å². The van der Waals surface area contributed by atoms with Gasteiger partial charge in [0.1, 0.15) is 0 Å². The molecule has 0 radical (unpaired) electrons. The third-order valence-electron chi connectivity index (χ3n) is 1.92. The van der Waals surface area contributed by atoms with Crippen LogP contribution >= 0.6 is 11.3 Å². The lowest BCUT2D eigenvalue weighted by Gasteiger charge is -2.05. The van der Waals surface area contributed by atoms with Crippen LogP contribution in [0, 0.1) is 0 Å². The number of nitrogens with zero attached hydrogens (tertiary/aromatic N) is 1. The number of nitrogen functional groups attached to an aromatic ring is 1. The first-order chi connectivity index (χ1) is 6.42. The highest BCUT2D eigenvalue weighted by atomic mass is 32.2. The molecule has 1 aromatic rings. The Morgan fingerprint density at radius 3 is 2.64 bits per heavy atom. The Labute approximate surface area is 88.1 Å². The third kappa shape index (κ3) is 2.95. The van der Waals surface area contributed by atoms with Gasteiger partial charge >= 0.3 is 0 Å². The van der Waals surface area contributed by atoms with Crippen molar-refractivity contribution in [2.75, 3.05) is 11.5 Å². The summed E-state index contributed by atoms with van der Waals surface area (Å²) in [6.07, 6.45) is 2.14. The van der Waals surface area contributed by atoms with Crippen LogP contribution in [0.4, 0.5) is 5.13 Å². The zero-order valence-electron chi connectivity index (χ0n) is 8.23. The summed E-state index contributed by atoms with van der Waals surface area (Å²) in [6.45, 7) is 3.38. The molecule has 1 heterocycles. The van der Waals surface area contributed by atoms with Gasteiger partial charge in [0.05, 0.1) is 11.0 Å². The Morgan fingerprint density at radius 2 is 2.21 bits per heavy atom. The van der Waals surface area contributed by atoms with Gasteiger partial charge in [-0.1, -0.05) is 0 Å². The van der Waals surface area contributed by atoms with E-state index in [1.165, 1.54) is 11.3 Å². The molecule has 1 rings (SSSR count). The zero-order valence-corrected chi connectivity index (χ0v) is 9.86. The van der Waals surface area contributed by atoms with Crippen molar-refractivity contribution in [3.63, 3.8) is 0 Å². The van der Waals surface area contributed by atoms with Crippen molar-refractivity contribution in [2.24, 2.45) is 0 Å². The van der Waals surface area contributed by atoms with Gasteiger partial charge in [-0.2, -0.15) is 0 Å². The number of aromatic nitrogens is 1. The SMILES string of the molecule is CC(C)S(=O)(=O)CCc1cnc(N)s1. The molecule has 4 nitrogen and oxygen atoms in total. The molecule has 6 heteroatoms. The average Bonchev–Trinajstić information content (AvgIpc) is 2.48. The van der Waals surface area contributed by atoms with Crippen LogP contribution in [0.1, 0.15) is 18.7 Å². The van der Waals surface area contributed by atoms with Crippen LogP contribution in [0.5, 0.6) is 0 Å². The maximum atomic E-state index is 11.5. The maximum absolute atomic E-state index is 11.5. The number of hydrogen-bond acceptors (Lipinski definition) is 5. The fourth-order valence-corrected chi connectivity index (χ4v) is 2.71. The summed E-state index contributed by atoms with van der Waals surface area (Å²) in [5.74, 6) is 0.173. The van der Waals surface area contributed by atoms with Gasteiger partial charge in [0.25, 0.3) is 0 Å². The van der Waals surface area contributed by atoms with Crippen LogP contribution in [-0.4, -0.2) is 24.4 Å². The summed E-state index contributed by atoms with van der Waals surface area (Å²) in [5.41, 5.74) is 5.44. The summed E-state index contributed by atoms with van der Waals surface area (Å²) in [5, 5.41) is 0.176. The standard InChI is InChI=1S/C8H14N2O2S2/c1-6(2)14(11,12)4-3-7-5-10-8(9)13-7/h5-6H,3-4H2,1-2H3,(H2,9,10). The minimum Gasteiger partial charge on any atom is -0.375 e. The molecule has 0 unspecified atom stereocenters. The van der Waals surface area contributed by atoms with Crippen LogP contribution in [-0.2, 0) is 16.3 Å². The lowest BCUT2D eigenvalue weighted by molar-refractivity contribution is 0.587. The minimum atomic E-state index is -2.95. The van der Waals surface area contributed by atoms with E-state index in [0.717, 1.165) is 4.88 Å². The van der Waals surface area contributed by atoms with Crippen molar-refractivity contribution in [2.45, 2.75) is 25.5 Å². The van der Waals surface area contributed by atoms with E-state index in [1.54, 1.807) is 20.0 Å². The van der Waals surface area contributed by atoms with E-state index in [9.17, 15) is 8.42 Å². The Kier molecular flexibility index (Phi) is 3.49. The van der Waals surface area contributed by atoms with E-state index in [0.29, 0.717) is 11.6 Å². The van der Waals surface area contributed by atoms with Crippen LogP contribution in [0.15, 0.2) is 6.20 Å². The molecule has 0 amide bonds. The maximum Gasteiger partial charge on any atom is 0.180 e. The molecule has 0 spiro atoms. The van der Waals surface area contributed by atoms with E-state index in [2.05, 4.69) is 4.98 Å². The van der Waals surface area contributed by atoms with Gasteiger partial charge in [-0.05, 0) is 20.3 Å². The molecule has 0 atom stereocenters. The summed E-state index contributed by atoms with van der Waals surface area (Å²) in [7, 11) is -2.95. The number of sulfone groups is 1. The molecule has 0 aliphatic carbocycles. The van der Waals surface area contributed by atoms with Gasteiger partial charge in [-0.25, -0.2) is 13.4 Å². The first kappa shape index (κ1) is 11.5. The smallest absolute Gasteiger partial charge is 0.180 e. The van der Waals surface area contributed by atoms with Crippen molar-refractivity contribution in [3.05, 3.63) is 11.1 Å². The second kappa shape index (κ2) is 4.27. The Bertz CT molecular complexity index is 395. The predicted octanol–water partition coefficient (Wildman–Crippen LogP) is 1.09. The first-order valence-corrected chi connectivity index (χ1v) is 6.87. The Hall–Kier alpha value is -0.620. The number of aryl methyl sites for hydroxylation is 1. The van der Waals surface area contributed by atoms with Crippen molar-refractivity contribution in [1.29, 1.82) is 0 Å². The molecule has 0 aliphatic heterocycles. The minimum absolute atomic E-state index is 0.173. The number of nitrogens with two attached hydrogens (primary N) is 1. The van der Waals surface area contributed by atoms with Crippen molar-refractivity contribution >= 4 is 26.3 Å². The van der Waals surface area contributed by atoms with Crippen molar-refractivity contribution in [3.8, 4) is 0 Å². The van der Waals surface area contributed by atoms with E-state index in [4.69, 9.17) is 5.73 Å². The highest BCUT2D eigenvalue weighted by Gasteiger charge is 2.16. The van der Waals surface area contributed by atoms with E-state index < -0.39 is 9.84 Å². The number of anilines is 1. The number of rotatable bonds is 4. The second-order valence-corrected chi connectivity index (χ2v) is 7.15. The Morgan fingerprint density at radius 1 is 1.57 bits per heavy atom. The van der Waals surface area contributed by atoms with Gasteiger partial charge in [-0.3, -0.25) is 0 Å².